The number of ether oxygens (including phenoxy) is 4. The number of methoxy groups -OCH3 is 1. The van der Waals surface area contributed by atoms with Gasteiger partial charge >= 0.3 is 24.0 Å². The van der Waals surface area contributed by atoms with Gasteiger partial charge < -0.3 is 61.9 Å². The van der Waals surface area contributed by atoms with Gasteiger partial charge in [-0.2, -0.15) is 4.99 Å². The molecule has 0 unspecified atom stereocenters. The summed E-state index contributed by atoms with van der Waals surface area (Å²) in [6.07, 6.45) is 15.8. The van der Waals surface area contributed by atoms with Crippen LogP contribution in [-0.4, -0.2) is 102 Å². The number of aromatic carboxylic acids is 1. The summed E-state index contributed by atoms with van der Waals surface area (Å²) in [7, 11) is 1.27. The van der Waals surface area contributed by atoms with Gasteiger partial charge in [-0.25, -0.2) is 45.9 Å². The number of nitrogens with zero attached hydrogens (tertiary/aromatic N) is 1. The van der Waals surface area contributed by atoms with Crippen LogP contribution in [0.5, 0.6) is 17.2 Å². The summed E-state index contributed by atoms with van der Waals surface area (Å²) in [5.74, 6) is -1.30. The number of carboxylic acids is 1. The molecular formula is C74H84F5N7O12. The monoisotopic (exact) mass is 1360 g/mol. The van der Waals surface area contributed by atoms with Gasteiger partial charge in [0.05, 0.1) is 59.7 Å². The van der Waals surface area contributed by atoms with Gasteiger partial charge in [0.1, 0.15) is 46.3 Å². The molecule has 10 N–H and O–H groups in total. The molecule has 4 amide bonds. The highest BCUT2D eigenvalue weighted by molar-refractivity contribution is 6.03. The summed E-state index contributed by atoms with van der Waals surface area (Å²) in [5, 5.41) is 29.3. The number of nitrogens with two attached hydrogens (primary N) is 2. The molecule has 4 fully saturated rings. The number of carboxylic acid groups (broad SMARTS) is 1. The number of ketones is 1. The van der Waals surface area contributed by atoms with Crippen LogP contribution in [-0.2, 0) is 9.53 Å². The number of aliphatic hydroxyl groups is 1. The quantitative estimate of drug-likeness (QED) is 0.0165. The highest BCUT2D eigenvalue weighted by Crippen LogP contribution is 2.28. The summed E-state index contributed by atoms with van der Waals surface area (Å²) in [6.45, 7) is 1.47. The van der Waals surface area contributed by atoms with Crippen LogP contribution >= 0.6 is 0 Å². The van der Waals surface area contributed by atoms with Gasteiger partial charge in [0.2, 0.25) is 6.08 Å². The van der Waals surface area contributed by atoms with Crippen molar-refractivity contribution in [1.29, 1.82) is 0 Å². The lowest BCUT2D eigenvalue weighted by Crippen LogP contribution is -2.41. The van der Waals surface area contributed by atoms with E-state index in [-0.39, 0.29) is 88.3 Å². The molecule has 0 bridgehead atoms. The Morgan fingerprint density at radius 1 is 0.449 bits per heavy atom. The maximum Gasteiger partial charge on any atom is 0.340 e. The number of aliphatic imine (C=N–C) groups is 1. The van der Waals surface area contributed by atoms with Crippen molar-refractivity contribution in [3.05, 3.63) is 216 Å². The van der Waals surface area contributed by atoms with Crippen molar-refractivity contribution < 1.29 is 79.9 Å². The molecule has 98 heavy (non-hydrogen) atoms. The smallest absolute Gasteiger partial charge is 0.340 e. The third-order valence-corrected chi connectivity index (χ3v) is 16.1. The van der Waals surface area contributed by atoms with Gasteiger partial charge in [-0.3, -0.25) is 4.79 Å². The summed E-state index contributed by atoms with van der Waals surface area (Å²) < 4.78 is 84.3. The first kappa shape index (κ1) is 77.0. The molecule has 0 spiro atoms. The van der Waals surface area contributed by atoms with Crippen molar-refractivity contribution in [3.8, 4) is 17.2 Å². The fourth-order valence-corrected chi connectivity index (χ4v) is 10.8. The number of esters is 1. The topological polar surface area (TPSA) is 292 Å². The molecule has 4 saturated carbocycles. The number of carbonyl (C=O) groups excluding carboxylic acids is 5. The lowest BCUT2D eigenvalue weighted by molar-refractivity contribution is 0.0600. The minimum absolute atomic E-state index is 0.00458. The Kier molecular flexibility index (Phi) is 32.4. The van der Waals surface area contributed by atoms with Crippen LogP contribution in [0.2, 0.25) is 0 Å². The number of Topliss-reactive ketones (excluding diaryl/α,β-unsaturated/α-hetero) is 1. The first-order chi connectivity index (χ1) is 47.1. The largest absolute Gasteiger partial charge is 0.490 e. The van der Waals surface area contributed by atoms with E-state index in [9.17, 15) is 50.7 Å². The predicted molar refractivity (Wildman–Crippen MR) is 362 cm³/mol. The zero-order valence-electron chi connectivity index (χ0n) is 54.6. The molecule has 522 valence electrons. The lowest BCUT2D eigenvalue weighted by Gasteiger charge is -2.29. The highest BCUT2D eigenvalue weighted by Gasteiger charge is 2.27. The van der Waals surface area contributed by atoms with Crippen molar-refractivity contribution in [2.24, 2.45) is 16.5 Å². The fraction of sp³-hybridized carbons (Fsp3) is 0.351. The van der Waals surface area contributed by atoms with E-state index in [1.807, 2.05) is 0 Å². The number of benzene rings is 7. The van der Waals surface area contributed by atoms with Crippen molar-refractivity contribution in [3.63, 3.8) is 0 Å². The molecule has 7 aromatic carbocycles. The third-order valence-electron chi connectivity index (χ3n) is 16.1. The van der Waals surface area contributed by atoms with Gasteiger partial charge in [0, 0.05) is 29.7 Å². The van der Waals surface area contributed by atoms with Crippen molar-refractivity contribution in [2.75, 3.05) is 17.7 Å². The second-order valence-corrected chi connectivity index (χ2v) is 23.6. The number of carbonyl (C=O) groups is 5. The number of aliphatic hydroxyl groups excluding tert-OH is 1. The van der Waals surface area contributed by atoms with Crippen LogP contribution in [0.15, 0.2) is 175 Å². The van der Waals surface area contributed by atoms with Gasteiger partial charge in [-0.05, 0) is 243 Å². The number of halogens is 5. The van der Waals surface area contributed by atoms with Crippen molar-refractivity contribution in [1.82, 2.24) is 10.6 Å². The van der Waals surface area contributed by atoms with Gasteiger partial charge in [0.15, 0.2) is 5.78 Å². The van der Waals surface area contributed by atoms with Crippen LogP contribution in [0.25, 0.3) is 0 Å². The Morgan fingerprint density at radius 3 is 1.11 bits per heavy atom. The first-order valence-electron chi connectivity index (χ1n) is 32.3. The molecule has 4 aliphatic rings. The summed E-state index contributed by atoms with van der Waals surface area (Å²) in [5.41, 5.74) is 13.2. The molecule has 24 heteroatoms. The Morgan fingerprint density at radius 2 is 0.765 bits per heavy atom. The number of isocyanates is 1. The van der Waals surface area contributed by atoms with E-state index < -0.39 is 29.6 Å². The lowest BCUT2D eigenvalue weighted by atomic mass is 9.93. The molecule has 0 radical (unpaired) electrons. The number of rotatable bonds is 14. The van der Waals surface area contributed by atoms with Gasteiger partial charge in [-0.1, -0.05) is 36.4 Å². The van der Waals surface area contributed by atoms with Crippen LogP contribution < -0.4 is 46.9 Å². The Balaban J connectivity index is 0.000000197. The van der Waals surface area contributed by atoms with Crippen LogP contribution in [0, 0.1) is 29.1 Å². The molecule has 0 heterocycles. The number of hydrogen-bond acceptors (Lipinski definition) is 14. The third kappa shape index (κ3) is 28.4. The maximum absolute atomic E-state index is 12.9. The van der Waals surface area contributed by atoms with E-state index in [0.29, 0.717) is 34.8 Å². The van der Waals surface area contributed by atoms with Crippen molar-refractivity contribution >= 4 is 52.9 Å². The number of nitrogens with one attached hydrogen (secondary N) is 4. The maximum atomic E-state index is 12.9. The Labute approximate surface area is 566 Å². The molecule has 7 aromatic rings. The minimum atomic E-state index is -1.09. The van der Waals surface area contributed by atoms with E-state index >= 15 is 0 Å². The van der Waals surface area contributed by atoms with Gasteiger partial charge in [0.25, 0.3) is 0 Å². The summed E-state index contributed by atoms with van der Waals surface area (Å²) in [6, 6.07) is 42.1. The molecule has 0 saturated heterocycles. The highest BCUT2D eigenvalue weighted by atomic mass is 19.1. The zero-order chi connectivity index (χ0) is 70.8. The minimum Gasteiger partial charge on any atom is -0.490 e. The fourth-order valence-electron chi connectivity index (χ4n) is 10.8. The average Bonchev–Trinajstić information content (AvgIpc) is 0.936. The van der Waals surface area contributed by atoms with Crippen LogP contribution in [0.1, 0.15) is 141 Å². The molecule has 0 atom stereocenters. The number of anilines is 2. The van der Waals surface area contributed by atoms with Crippen LogP contribution in [0.4, 0.5) is 48.6 Å². The molecule has 0 aromatic heterocycles. The molecule has 19 nitrogen and oxygen atoms in total. The predicted octanol–water partition coefficient (Wildman–Crippen LogP) is 14.7. The molecule has 4 aliphatic carbocycles. The second kappa shape index (κ2) is 41.2. The average molecular weight is 1360 g/mol. The Hall–Kier alpha value is -10.0. The standard InChI is InChI=1S/C21H23FN2O3.C20H21FN2O4.C12H16FNO.C9H7NO3.C6H4F2.C6H13NO/c1-14(25)19-4-2-3-5-20(19)24-21(26)23-16-8-12-18(13-9-16)27-17-10-6-15(22)7-11-17;21-13-5-9-15(10-6-13)27-16-11-7-14(8-12-16)22-20(26)23-18-4-2-1-3-17(18)19(24)25;13-9-1-5-11(6-2-9)15-12-7-3-10(14)4-8-12;1-13-9(12)7-4-2-3-5-8(7)10-6-11;7-5-1-2-6(8)4-3-5;7-5-1-3-6(8)4-2-5/h2-7,10-11,16,18H,8-9,12-13H2,1H3,(H2,23,24,26);1-6,9-10,14,16H,7-8,11-12H2,(H,24,25)(H2,22,23,26);1-2,5-6,10,12H,3-4,7-8,14H2;2-5H,1H3;1-4H;5-6,8H,1-4,7H2. The van der Waals surface area contributed by atoms with E-state index in [1.165, 1.54) is 74.7 Å². The number of amides is 4. The summed E-state index contributed by atoms with van der Waals surface area (Å²) in [4.78, 5) is 71.7. The van der Waals surface area contributed by atoms with Crippen molar-refractivity contribution in [2.45, 2.75) is 158 Å². The number of urea groups is 2. The SMILES string of the molecule is CC(=O)c1ccccc1NC(=O)NC1CCC(Oc2ccc(F)cc2)CC1.COC(=O)c1ccccc1N=C=O.Fc1ccc(F)cc1.NC1CCC(O)CC1.NC1CCC(Oc2ccc(F)cc2)CC1.O=C(Nc1ccccc1C(=O)O)NC1CCC(Oc2ccc(F)cc2)CC1. The summed E-state index contributed by atoms with van der Waals surface area (Å²) >= 11 is 0. The zero-order valence-corrected chi connectivity index (χ0v) is 54.6. The van der Waals surface area contributed by atoms with E-state index in [1.54, 1.807) is 91.0 Å². The number of hydrogen-bond donors (Lipinski definition) is 8. The molecule has 0 aliphatic heterocycles. The van der Waals surface area contributed by atoms with Crippen LogP contribution in [0.3, 0.4) is 0 Å². The first-order valence-corrected chi connectivity index (χ1v) is 32.3. The van der Waals surface area contributed by atoms with E-state index in [4.69, 9.17) is 35.9 Å². The van der Waals surface area contributed by atoms with Gasteiger partial charge in [-0.15, -0.1) is 0 Å². The Bertz CT molecular complexity index is 3470. The van der Waals surface area contributed by atoms with E-state index in [2.05, 4.69) is 31.0 Å². The number of para-hydroxylation sites is 3. The van der Waals surface area contributed by atoms with E-state index in [0.717, 1.165) is 133 Å². The normalized spacial score (nSPS) is 19.7. The molecular weight excluding hydrogens is 1270 g/mol. The molecule has 11 rings (SSSR count). The second-order valence-electron chi connectivity index (χ2n) is 23.6.